The molecule has 0 radical (unpaired) electrons. The van der Waals surface area contributed by atoms with Crippen molar-refractivity contribution in [2.24, 2.45) is 22.2 Å². The van der Waals surface area contributed by atoms with Crippen LogP contribution in [-0.4, -0.2) is 47.1 Å². The van der Waals surface area contributed by atoms with E-state index in [9.17, 15) is 13.2 Å². The number of rotatable bonds is 8. The van der Waals surface area contributed by atoms with Crippen LogP contribution >= 0.6 is 0 Å². The third kappa shape index (κ3) is 4.98. The Hall–Kier alpha value is -2.22. The summed E-state index contributed by atoms with van der Waals surface area (Å²) in [4.78, 5) is 15.8. The Labute approximate surface area is 162 Å². The third-order valence-corrected chi connectivity index (χ3v) is 5.38. The summed E-state index contributed by atoms with van der Waals surface area (Å²) < 4.78 is 40.3. The van der Waals surface area contributed by atoms with Gasteiger partial charge in [-0.3, -0.25) is 14.3 Å². The zero-order valence-corrected chi connectivity index (χ0v) is 15.9. The topological polar surface area (TPSA) is 200 Å². The van der Waals surface area contributed by atoms with E-state index in [0.29, 0.717) is 30.0 Å². The van der Waals surface area contributed by atoms with Crippen molar-refractivity contribution < 1.29 is 26.6 Å². The average molecular weight is 416 g/mol. The molecule has 2 atom stereocenters. The lowest BCUT2D eigenvalue weighted by molar-refractivity contribution is -0.157. The number of carbonyl (C=O) groups excluding carboxylic acids is 1. The van der Waals surface area contributed by atoms with Crippen LogP contribution in [0.3, 0.4) is 0 Å². The van der Waals surface area contributed by atoms with E-state index in [-0.39, 0.29) is 24.3 Å². The molecule has 0 spiro atoms. The molecule has 1 aliphatic carbocycles. The number of nitrogens with zero attached hydrogens (tertiary/aromatic N) is 3. The van der Waals surface area contributed by atoms with Gasteiger partial charge in [0.15, 0.2) is 5.96 Å². The SMILES string of the molecule is NC(N)=NC1CC(c2cc([C@@H](N)CC[C@@H]3CCC(=O)N3OS(=O)(=O)O)no2)C1. The molecule has 28 heavy (non-hydrogen) atoms. The highest BCUT2D eigenvalue weighted by atomic mass is 32.3. The molecule has 1 aromatic rings. The highest BCUT2D eigenvalue weighted by Crippen LogP contribution is 2.39. The Morgan fingerprint density at radius 3 is 2.82 bits per heavy atom. The molecule has 7 N–H and O–H groups in total. The summed E-state index contributed by atoms with van der Waals surface area (Å²) in [6.07, 6.45) is 2.92. The van der Waals surface area contributed by atoms with E-state index in [2.05, 4.69) is 14.4 Å². The van der Waals surface area contributed by atoms with Crippen LogP contribution in [0.2, 0.25) is 0 Å². The first-order valence-corrected chi connectivity index (χ1v) is 10.3. The van der Waals surface area contributed by atoms with Gasteiger partial charge >= 0.3 is 10.4 Å². The van der Waals surface area contributed by atoms with Crippen LogP contribution in [0.5, 0.6) is 0 Å². The Morgan fingerprint density at radius 2 is 2.18 bits per heavy atom. The number of carbonyl (C=O) groups is 1. The van der Waals surface area contributed by atoms with Gasteiger partial charge in [0, 0.05) is 18.4 Å². The highest BCUT2D eigenvalue weighted by molar-refractivity contribution is 7.80. The van der Waals surface area contributed by atoms with Crippen LogP contribution in [0.15, 0.2) is 15.6 Å². The maximum Gasteiger partial charge on any atom is 0.418 e. The van der Waals surface area contributed by atoms with E-state index >= 15 is 0 Å². The molecule has 3 rings (SSSR count). The van der Waals surface area contributed by atoms with Gasteiger partial charge in [0.2, 0.25) is 5.91 Å². The van der Waals surface area contributed by atoms with Crippen molar-refractivity contribution in [1.82, 2.24) is 10.2 Å². The lowest BCUT2D eigenvalue weighted by Crippen LogP contribution is -2.35. The maximum absolute atomic E-state index is 11.7. The molecular weight excluding hydrogens is 392 g/mol. The quantitative estimate of drug-likeness (QED) is 0.247. The summed E-state index contributed by atoms with van der Waals surface area (Å²) in [5.41, 5.74) is 17.5. The number of aliphatic imine (C=N–C) groups is 1. The van der Waals surface area contributed by atoms with Crippen LogP contribution in [-0.2, 0) is 19.5 Å². The Bertz CT molecular complexity index is 845. The Morgan fingerprint density at radius 1 is 1.46 bits per heavy atom. The van der Waals surface area contributed by atoms with Crippen molar-refractivity contribution in [3.8, 4) is 0 Å². The fraction of sp³-hybridized carbons (Fsp3) is 0.667. The van der Waals surface area contributed by atoms with E-state index in [1.54, 1.807) is 6.07 Å². The highest BCUT2D eigenvalue weighted by Gasteiger charge is 2.36. The van der Waals surface area contributed by atoms with E-state index < -0.39 is 28.4 Å². The molecule has 1 aliphatic heterocycles. The van der Waals surface area contributed by atoms with Crippen molar-refractivity contribution in [2.75, 3.05) is 0 Å². The van der Waals surface area contributed by atoms with Gasteiger partial charge in [0.25, 0.3) is 0 Å². The first-order chi connectivity index (χ1) is 13.1. The minimum Gasteiger partial charge on any atom is -0.370 e. The van der Waals surface area contributed by atoms with E-state index in [4.69, 9.17) is 26.3 Å². The number of nitrogens with two attached hydrogens (primary N) is 3. The standard InChI is InChI=1S/C15H24N6O6S/c16-11(3-1-10-2-4-14(22)21(10)27-28(23,24)25)12-7-13(26-20-12)8-5-9(6-8)19-15(17)18/h7-11H,1-6,16H2,(H4,17,18,19)(H,23,24,25)/t8?,9?,10-,11+/m1/s1. The number of guanidine groups is 1. The van der Waals surface area contributed by atoms with E-state index in [0.717, 1.165) is 18.6 Å². The summed E-state index contributed by atoms with van der Waals surface area (Å²) in [6, 6.07) is 0.951. The first kappa shape index (κ1) is 20.5. The predicted octanol–water partition coefficient (Wildman–Crippen LogP) is -0.301. The van der Waals surface area contributed by atoms with Gasteiger partial charge in [0.05, 0.1) is 18.1 Å². The van der Waals surface area contributed by atoms with E-state index in [1.807, 2.05) is 0 Å². The minimum atomic E-state index is -4.76. The molecule has 2 heterocycles. The van der Waals surface area contributed by atoms with Gasteiger partial charge in [-0.15, -0.1) is 4.28 Å². The Kier molecular flexibility index (Phi) is 5.88. The van der Waals surface area contributed by atoms with Crippen molar-refractivity contribution in [1.29, 1.82) is 0 Å². The van der Waals surface area contributed by atoms with E-state index in [1.165, 1.54) is 0 Å². The number of hydrogen-bond acceptors (Lipinski definition) is 8. The predicted molar refractivity (Wildman–Crippen MR) is 96.7 cm³/mol. The summed E-state index contributed by atoms with van der Waals surface area (Å²) in [7, 11) is -4.76. The molecule has 1 aromatic heterocycles. The molecule has 1 amide bonds. The summed E-state index contributed by atoms with van der Waals surface area (Å²) >= 11 is 0. The molecule has 0 unspecified atom stereocenters. The van der Waals surface area contributed by atoms with Crippen LogP contribution in [0, 0.1) is 0 Å². The molecule has 1 saturated carbocycles. The third-order valence-electron chi connectivity index (χ3n) is 5.03. The molecule has 2 aliphatic rings. The number of amides is 1. The van der Waals surface area contributed by atoms with Gasteiger partial charge in [-0.25, -0.2) is 0 Å². The zero-order chi connectivity index (χ0) is 20.5. The molecule has 12 nitrogen and oxygen atoms in total. The largest absolute Gasteiger partial charge is 0.418 e. The van der Waals surface area contributed by atoms with Gasteiger partial charge in [-0.05, 0) is 32.1 Å². The van der Waals surface area contributed by atoms with Crippen molar-refractivity contribution in [2.45, 2.75) is 62.6 Å². The number of aromatic nitrogens is 1. The van der Waals surface area contributed by atoms with Gasteiger partial charge < -0.3 is 21.7 Å². The molecule has 2 fully saturated rings. The normalized spacial score (nSPS) is 26.1. The van der Waals surface area contributed by atoms with Crippen LogP contribution in [0.25, 0.3) is 0 Å². The van der Waals surface area contributed by atoms with Crippen molar-refractivity contribution in [3.63, 3.8) is 0 Å². The number of hydrogen-bond donors (Lipinski definition) is 4. The van der Waals surface area contributed by atoms with Crippen molar-refractivity contribution >= 4 is 22.3 Å². The fourth-order valence-electron chi connectivity index (χ4n) is 3.51. The second-order valence-electron chi connectivity index (χ2n) is 7.13. The molecule has 156 valence electrons. The number of hydroxylamine groups is 2. The molecule has 0 aromatic carbocycles. The molecule has 13 heteroatoms. The molecule has 0 bridgehead atoms. The molecule has 1 saturated heterocycles. The van der Waals surface area contributed by atoms with Crippen LogP contribution < -0.4 is 17.2 Å². The zero-order valence-electron chi connectivity index (χ0n) is 15.1. The van der Waals surface area contributed by atoms with Crippen LogP contribution in [0.4, 0.5) is 0 Å². The summed E-state index contributed by atoms with van der Waals surface area (Å²) in [5, 5.41) is 4.71. The fourth-order valence-corrected chi connectivity index (χ4v) is 3.92. The molecular formula is C15H24N6O6S. The first-order valence-electron chi connectivity index (χ1n) is 8.92. The minimum absolute atomic E-state index is 0.0705. The monoisotopic (exact) mass is 416 g/mol. The lowest BCUT2D eigenvalue weighted by Gasteiger charge is -2.30. The smallest absolute Gasteiger partial charge is 0.370 e. The van der Waals surface area contributed by atoms with Gasteiger partial charge in [-0.1, -0.05) is 5.16 Å². The second kappa shape index (κ2) is 8.03. The lowest BCUT2D eigenvalue weighted by atomic mass is 9.79. The van der Waals surface area contributed by atoms with Crippen molar-refractivity contribution in [3.05, 3.63) is 17.5 Å². The summed E-state index contributed by atoms with van der Waals surface area (Å²) in [6.45, 7) is 0. The van der Waals surface area contributed by atoms with Crippen LogP contribution in [0.1, 0.15) is 61.9 Å². The maximum atomic E-state index is 11.7. The van der Waals surface area contributed by atoms with Gasteiger partial charge in [0.1, 0.15) is 11.5 Å². The second-order valence-corrected chi connectivity index (χ2v) is 8.13. The summed E-state index contributed by atoms with van der Waals surface area (Å²) in [5.74, 6) is 0.480. The average Bonchev–Trinajstić information content (AvgIpc) is 3.15. The Balaban J connectivity index is 1.52. The van der Waals surface area contributed by atoms with Gasteiger partial charge in [-0.2, -0.15) is 13.5 Å².